The van der Waals surface area contributed by atoms with Gasteiger partial charge >= 0.3 is 0 Å². The fraction of sp³-hybridized carbons (Fsp3) is 0.500. The highest BCUT2D eigenvalue weighted by Crippen LogP contribution is 2.13. The number of nitrogens with one attached hydrogen (secondary N) is 2. The maximum atomic E-state index is 4.45. The molecule has 1 fully saturated rings. The van der Waals surface area contributed by atoms with E-state index in [0.717, 1.165) is 31.0 Å². The van der Waals surface area contributed by atoms with E-state index >= 15 is 0 Å². The van der Waals surface area contributed by atoms with Crippen molar-refractivity contribution in [3.63, 3.8) is 0 Å². The molecule has 3 rings (SSSR count). The van der Waals surface area contributed by atoms with Crippen LogP contribution in [-0.2, 0) is 0 Å². The fourth-order valence-electron chi connectivity index (χ4n) is 2.34. The molecule has 90 valence electrons. The molecule has 0 aliphatic carbocycles. The second-order valence-corrected chi connectivity index (χ2v) is 4.66. The van der Waals surface area contributed by atoms with Gasteiger partial charge < -0.3 is 10.6 Å². The third-order valence-corrected chi connectivity index (χ3v) is 3.20. The van der Waals surface area contributed by atoms with Crippen molar-refractivity contribution in [2.45, 2.75) is 31.8 Å². The monoisotopic (exact) mass is 231 g/mol. The standard InChI is InChI=1S/C12H17N5/c1-9-8-10(5-6-13-9)14-12-15-11-4-2-3-7-17(11)16-12/h2-4,7,9-10,13H,5-6,8H2,1H3,(H,14,16). The normalized spacial score (nSPS) is 25.0. The largest absolute Gasteiger partial charge is 0.350 e. The van der Waals surface area contributed by atoms with Gasteiger partial charge in [-0.1, -0.05) is 6.07 Å². The third-order valence-electron chi connectivity index (χ3n) is 3.20. The fourth-order valence-corrected chi connectivity index (χ4v) is 2.34. The minimum atomic E-state index is 0.476. The molecule has 0 spiro atoms. The number of pyridine rings is 1. The summed E-state index contributed by atoms with van der Waals surface area (Å²) < 4.78 is 1.80. The van der Waals surface area contributed by atoms with Gasteiger partial charge in [0.2, 0.25) is 5.95 Å². The molecule has 17 heavy (non-hydrogen) atoms. The van der Waals surface area contributed by atoms with Gasteiger partial charge in [0.15, 0.2) is 5.65 Å². The number of nitrogens with zero attached hydrogens (tertiary/aromatic N) is 3. The Morgan fingerprint density at radius 1 is 1.47 bits per heavy atom. The molecule has 0 amide bonds. The van der Waals surface area contributed by atoms with E-state index in [-0.39, 0.29) is 0 Å². The van der Waals surface area contributed by atoms with Gasteiger partial charge in [0.1, 0.15) is 0 Å². The van der Waals surface area contributed by atoms with E-state index < -0.39 is 0 Å². The molecule has 0 aromatic carbocycles. The van der Waals surface area contributed by atoms with E-state index in [1.165, 1.54) is 0 Å². The van der Waals surface area contributed by atoms with Crippen LogP contribution in [0.5, 0.6) is 0 Å². The average Bonchev–Trinajstić information content (AvgIpc) is 2.71. The van der Waals surface area contributed by atoms with Crippen molar-refractivity contribution in [3.05, 3.63) is 24.4 Å². The van der Waals surface area contributed by atoms with Crippen LogP contribution in [0.4, 0.5) is 5.95 Å². The molecule has 0 bridgehead atoms. The highest BCUT2D eigenvalue weighted by Gasteiger charge is 2.19. The van der Waals surface area contributed by atoms with E-state index in [1.807, 2.05) is 24.4 Å². The number of hydrogen-bond acceptors (Lipinski definition) is 4. The number of fused-ring (bicyclic) bond motifs is 1. The number of hydrogen-bond donors (Lipinski definition) is 2. The molecule has 0 radical (unpaired) electrons. The van der Waals surface area contributed by atoms with Gasteiger partial charge in [-0.15, -0.1) is 5.10 Å². The minimum absolute atomic E-state index is 0.476. The Labute approximate surface area is 100 Å². The summed E-state index contributed by atoms with van der Waals surface area (Å²) in [5, 5.41) is 11.3. The van der Waals surface area contributed by atoms with Crippen LogP contribution in [0, 0.1) is 0 Å². The summed E-state index contributed by atoms with van der Waals surface area (Å²) >= 11 is 0. The lowest BCUT2D eigenvalue weighted by Gasteiger charge is -2.28. The van der Waals surface area contributed by atoms with Crippen molar-refractivity contribution in [2.24, 2.45) is 0 Å². The Morgan fingerprint density at radius 3 is 3.24 bits per heavy atom. The molecule has 5 heteroatoms. The van der Waals surface area contributed by atoms with Crippen molar-refractivity contribution >= 4 is 11.6 Å². The van der Waals surface area contributed by atoms with Crippen LogP contribution in [0.15, 0.2) is 24.4 Å². The van der Waals surface area contributed by atoms with Gasteiger partial charge in [-0.2, -0.15) is 4.98 Å². The summed E-state index contributed by atoms with van der Waals surface area (Å²) in [4.78, 5) is 4.45. The zero-order chi connectivity index (χ0) is 11.7. The van der Waals surface area contributed by atoms with Crippen LogP contribution in [0.1, 0.15) is 19.8 Å². The van der Waals surface area contributed by atoms with Gasteiger partial charge in [-0.25, -0.2) is 4.52 Å². The van der Waals surface area contributed by atoms with E-state index in [2.05, 4.69) is 27.6 Å². The Hall–Kier alpha value is -1.62. The van der Waals surface area contributed by atoms with Gasteiger partial charge in [0.25, 0.3) is 0 Å². The molecule has 2 aromatic rings. The second-order valence-electron chi connectivity index (χ2n) is 4.66. The predicted molar refractivity (Wildman–Crippen MR) is 67.1 cm³/mol. The topological polar surface area (TPSA) is 54.2 Å². The molecule has 1 aliphatic rings. The molecule has 2 atom stereocenters. The van der Waals surface area contributed by atoms with E-state index in [0.29, 0.717) is 12.1 Å². The number of anilines is 1. The molecular formula is C12H17N5. The first kappa shape index (κ1) is 10.5. The van der Waals surface area contributed by atoms with Crippen molar-refractivity contribution in [3.8, 4) is 0 Å². The first-order chi connectivity index (χ1) is 8.31. The average molecular weight is 231 g/mol. The van der Waals surface area contributed by atoms with Gasteiger partial charge in [-0.3, -0.25) is 0 Å². The van der Waals surface area contributed by atoms with Gasteiger partial charge in [-0.05, 0) is 38.4 Å². The zero-order valence-electron chi connectivity index (χ0n) is 9.93. The summed E-state index contributed by atoms with van der Waals surface area (Å²) in [5.41, 5.74) is 0.886. The molecule has 1 saturated heterocycles. The maximum absolute atomic E-state index is 4.45. The zero-order valence-corrected chi connectivity index (χ0v) is 9.93. The highest BCUT2D eigenvalue weighted by molar-refractivity contribution is 5.43. The Kier molecular flexibility index (Phi) is 2.68. The Morgan fingerprint density at radius 2 is 2.41 bits per heavy atom. The van der Waals surface area contributed by atoms with E-state index in [4.69, 9.17) is 0 Å². The Bertz CT molecular complexity index is 473. The van der Waals surface area contributed by atoms with E-state index in [1.54, 1.807) is 4.52 Å². The Balaban J connectivity index is 1.75. The summed E-state index contributed by atoms with van der Waals surface area (Å²) in [5.74, 6) is 0.732. The number of aromatic nitrogens is 3. The summed E-state index contributed by atoms with van der Waals surface area (Å²) in [7, 11) is 0. The lowest BCUT2D eigenvalue weighted by atomic mass is 10.0. The van der Waals surface area contributed by atoms with Crippen molar-refractivity contribution in [2.75, 3.05) is 11.9 Å². The number of piperidine rings is 1. The molecule has 2 N–H and O–H groups in total. The van der Waals surface area contributed by atoms with Crippen LogP contribution >= 0.6 is 0 Å². The quantitative estimate of drug-likeness (QED) is 0.817. The predicted octanol–water partition coefficient (Wildman–Crippen LogP) is 1.28. The molecule has 0 saturated carbocycles. The molecule has 3 heterocycles. The second kappa shape index (κ2) is 4.33. The van der Waals surface area contributed by atoms with Gasteiger partial charge in [0.05, 0.1) is 0 Å². The van der Waals surface area contributed by atoms with Crippen LogP contribution in [0.2, 0.25) is 0 Å². The summed E-state index contributed by atoms with van der Waals surface area (Å²) in [6.45, 7) is 3.27. The van der Waals surface area contributed by atoms with Crippen LogP contribution in [-0.4, -0.2) is 33.2 Å². The van der Waals surface area contributed by atoms with Crippen LogP contribution in [0.3, 0.4) is 0 Å². The van der Waals surface area contributed by atoms with Crippen molar-refractivity contribution in [1.82, 2.24) is 19.9 Å². The smallest absolute Gasteiger partial charge is 0.243 e. The van der Waals surface area contributed by atoms with Crippen molar-refractivity contribution < 1.29 is 0 Å². The molecule has 5 nitrogen and oxygen atoms in total. The SMILES string of the molecule is CC1CC(Nc2nc3ccccn3n2)CCN1. The molecule has 2 aromatic heterocycles. The summed E-state index contributed by atoms with van der Waals surface area (Å²) in [6.07, 6.45) is 4.16. The van der Waals surface area contributed by atoms with Crippen LogP contribution in [0.25, 0.3) is 5.65 Å². The van der Waals surface area contributed by atoms with E-state index in [9.17, 15) is 0 Å². The van der Waals surface area contributed by atoms with Crippen LogP contribution < -0.4 is 10.6 Å². The minimum Gasteiger partial charge on any atom is -0.350 e. The first-order valence-electron chi connectivity index (χ1n) is 6.12. The molecular weight excluding hydrogens is 214 g/mol. The summed E-state index contributed by atoms with van der Waals surface area (Å²) in [6, 6.07) is 6.93. The first-order valence-corrected chi connectivity index (χ1v) is 6.12. The lowest BCUT2D eigenvalue weighted by Crippen LogP contribution is -2.41. The molecule has 2 unspecified atom stereocenters. The van der Waals surface area contributed by atoms with Gasteiger partial charge in [0, 0.05) is 18.3 Å². The maximum Gasteiger partial charge on any atom is 0.243 e. The van der Waals surface area contributed by atoms with Crippen molar-refractivity contribution in [1.29, 1.82) is 0 Å². The highest BCUT2D eigenvalue weighted by atomic mass is 15.3. The third kappa shape index (κ3) is 2.24. The number of rotatable bonds is 2. The lowest BCUT2D eigenvalue weighted by molar-refractivity contribution is 0.395. The molecule has 1 aliphatic heterocycles.